The highest BCUT2D eigenvalue weighted by Gasteiger charge is 2.66. The molecule has 0 radical (unpaired) electrons. The zero-order chi connectivity index (χ0) is 23.1. The SMILES string of the molecule is CC(=O)CCC(=O)NC12CC3CC(C1)C(OO)(O[C@@]1(C)CCCC(OC(C)=O)C1)C(C3)C2. The van der Waals surface area contributed by atoms with E-state index >= 15 is 0 Å². The summed E-state index contributed by atoms with van der Waals surface area (Å²) in [5, 5.41) is 13.4. The van der Waals surface area contributed by atoms with Gasteiger partial charge in [0.15, 0.2) is 0 Å². The molecule has 8 nitrogen and oxygen atoms in total. The van der Waals surface area contributed by atoms with Crippen LogP contribution in [0.15, 0.2) is 0 Å². The number of carbonyl (C=O) groups is 3. The molecule has 0 saturated heterocycles. The lowest BCUT2D eigenvalue weighted by molar-refractivity contribution is -0.478. The topological polar surface area (TPSA) is 111 Å². The molecule has 4 atom stereocenters. The second-order valence-electron chi connectivity index (χ2n) is 11.1. The van der Waals surface area contributed by atoms with Crippen molar-refractivity contribution in [1.82, 2.24) is 5.32 Å². The quantitative estimate of drug-likeness (QED) is 0.251. The number of Topliss-reactive ketones (excluding diaryl/α,β-unsaturated/α-hetero) is 1. The van der Waals surface area contributed by atoms with E-state index in [9.17, 15) is 19.6 Å². The number of ketones is 1. The molecule has 4 bridgehead atoms. The number of hydrogen-bond acceptors (Lipinski definition) is 7. The van der Waals surface area contributed by atoms with Crippen molar-refractivity contribution >= 4 is 17.7 Å². The van der Waals surface area contributed by atoms with Gasteiger partial charge in [-0.1, -0.05) is 0 Å². The molecule has 5 saturated carbocycles. The highest BCUT2D eigenvalue weighted by molar-refractivity contribution is 5.84. The van der Waals surface area contributed by atoms with Crippen LogP contribution in [0, 0.1) is 17.8 Å². The van der Waals surface area contributed by atoms with Crippen molar-refractivity contribution in [3.05, 3.63) is 0 Å². The fourth-order valence-corrected chi connectivity index (χ4v) is 7.26. The lowest BCUT2D eigenvalue weighted by Crippen LogP contribution is -2.70. The van der Waals surface area contributed by atoms with E-state index in [1.165, 1.54) is 13.8 Å². The Balaban J connectivity index is 1.49. The monoisotopic (exact) mass is 451 g/mol. The van der Waals surface area contributed by atoms with Crippen molar-refractivity contribution in [1.29, 1.82) is 0 Å². The van der Waals surface area contributed by atoms with Gasteiger partial charge in [-0.05, 0) is 71.1 Å². The van der Waals surface area contributed by atoms with E-state index in [0.29, 0.717) is 25.2 Å². The first-order valence-electron chi connectivity index (χ1n) is 12.1. The van der Waals surface area contributed by atoms with Gasteiger partial charge in [0.05, 0.1) is 5.60 Å². The average molecular weight is 452 g/mol. The van der Waals surface area contributed by atoms with Gasteiger partial charge >= 0.3 is 5.97 Å². The molecule has 0 aromatic rings. The first-order valence-corrected chi connectivity index (χ1v) is 12.1. The molecule has 8 heteroatoms. The summed E-state index contributed by atoms with van der Waals surface area (Å²) in [6.45, 7) is 4.95. The lowest BCUT2D eigenvalue weighted by atomic mass is 9.50. The molecule has 5 fully saturated rings. The minimum Gasteiger partial charge on any atom is -0.462 e. The molecule has 3 unspecified atom stereocenters. The Bertz CT molecular complexity index is 751. The van der Waals surface area contributed by atoms with Gasteiger partial charge in [0.2, 0.25) is 11.7 Å². The van der Waals surface area contributed by atoms with Crippen molar-refractivity contribution in [3.8, 4) is 0 Å². The van der Waals surface area contributed by atoms with Crippen LogP contribution in [0.5, 0.6) is 0 Å². The van der Waals surface area contributed by atoms with Crippen LogP contribution in [0.2, 0.25) is 0 Å². The third-order valence-corrected chi connectivity index (χ3v) is 8.21. The molecule has 0 heterocycles. The number of ether oxygens (including phenoxy) is 2. The van der Waals surface area contributed by atoms with Gasteiger partial charge in [0.25, 0.3) is 0 Å². The maximum atomic E-state index is 12.5. The minimum atomic E-state index is -1.10. The zero-order valence-electron chi connectivity index (χ0n) is 19.5. The molecule has 0 aliphatic heterocycles. The molecule has 180 valence electrons. The summed E-state index contributed by atoms with van der Waals surface area (Å²) in [4.78, 5) is 40.5. The molecule has 2 N–H and O–H groups in total. The second-order valence-corrected chi connectivity index (χ2v) is 11.1. The van der Waals surface area contributed by atoms with Gasteiger partial charge in [-0.3, -0.25) is 9.59 Å². The maximum Gasteiger partial charge on any atom is 0.302 e. The predicted molar refractivity (Wildman–Crippen MR) is 114 cm³/mol. The number of esters is 1. The first-order chi connectivity index (χ1) is 15.1. The fraction of sp³-hybridized carbons (Fsp3) is 0.875. The molecule has 0 aromatic heterocycles. The Hall–Kier alpha value is -1.51. The number of hydrogen-bond donors (Lipinski definition) is 2. The van der Waals surface area contributed by atoms with E-state index in [2.05, 4.69) is 5.32 Å². The molecule has 32 heavy (non-hydrogen) atoms. The molecular weight excluding hydrogens is 414 g/mol. The van der Waals surface area contributed by atoms with Gasteiger partial charge in [-0.2, -0.15) is 0 Å². The van der Waals surface area contributed by atoms with Crippen LogP contribution in [-0.4, -0.2) is 45.9 Å². The van der Waals surface area contributed by atoms with Crippen molar-refractivity contribution in [2.24, 2.45) is 17.8 Å². The summed E-state index contributed by atoms with van der Waals surface area (Å²) in [7, 11) is 0. The highest BCUT2D eigenvalue weighted by Crippen LogP contribution is 2.62. The largest absolute Gasteiger partial charge is 0.462 e. The summed E-state index contributed by atoms with van der Waals surface area (Å²) in [6.07, 6.45) is 7.46. The number of amides is 1. The van der Waals surface area contributed by atoms with Crippen LogP contribution < -0.4 is 5.32 Å². The van der Waals surface area contributed by atoms with Crippen LogP contribution in [0.4, 0.5) is 0 Å². The maximum absolute atomic E-state index is 12.5. The van der Waals surface area contributed by atoms with Crippen LogP contribution in [0.3, 0.4) is 0 Å². The molecular formula is C24H37NO7. The molecule has 1 amide bonds. The normalized spacial score (nSPS) is 42.5. The Morgan fingerprint density at radius 1 is 1.03 bits per heavy atom. The van der Waals surface area contributed by atoms with Crippen molar-refractivity contribution in [2.45, 2.75) is 114 Å². The summed E-state index contributed by atoms with van der Waals surface area (Å²) < 4.78 is 12.2. The van der Waals surface area contributed by atoms with E-state index in [1.54, 1.807) is 0 Å². The van der Waals surface area contributed by atoms with Crippen LogP contribution in [0.1, 0.15) is 91.4 Å². The molecule has 5 aliphatic rings. The van der Waals surface area contributed by atoms with Gasteiger partial charge in [-0.25, -0.2) is 10.1 Å². The smallest absolute Gasteiger partial charge is 0.302 e. The van der Waals surface area contributed by atoms with Crippen molar-refractivity contribution in [2.75, 3.05) is 0 Å². The summed E-state index contributed by atoms with van der Waals surface area (Å²) in [5.74, 6) is -1.06. The predicted octanol–water partition coefficient (Wildman–Crippen LogP) is 3.52. The van der Waals surface area contributed by atoms with Gasteiger partial charge < -0.3 is 19.6 Å². The highest BCUT2D eigenvalue weighted by atomic mass is 17.1. The first kappa shape index (κ1) is 23.6. The molecule has 5 rings (SSSR count). The Kier molecular flexibility index (Phi) is 6.42. The number of carbonyl (C=O) groups excluding carboxylic acids is 3. The number of rotatable bonds is 8. The summed E-state index contributed by atoms with van der Waals surface area (Å²) in [6, 6.07) is 0. The standard InChI is InChI=1S/C24H37NO7/c1-15(26)6-7-21(28)25-23-11-17-9-18(12-23)24(32-29,19(10-17)13-23)31-22(3)8-4-5-20(14-22)30-16(2)27/h17-20,29H,4-14H2,1-3H3,(H,25,28)/t17?,18?,19?,20?,22-,23?,24?/m0/s1. The Labute approximate surface area is 189 Å². The molecule has 0 spiro atoms. The van der Waals surface area contributed by atoms with E-state index in [0.717, 1.165) is 38.5 Å². The van der Waals surface area contributed by atoms with Gasteiger partial charge in [0, 0.05) is 43.6 Å². The van der Waals surface area contributed by atoms with E-state index in [-0.39, 0.29) is 54.0 Å². The van der Waals surface area contributed by atoms with Crippen LogP contribution >= 0.6 is 0 Å². The third kappa shape index (κ3) is 4.59. The minimum absolute atomic E-state index is 0.0135. The summed E-state index contributed by atoms with van der Waals surface area (Å²) >= 11 is 0. The average Bonchev–Trinajstić information content (AvgIpc) is 2.68. The van der Waals surface area contributed by atoms with Crippen molar-refractivity contribution < 1.29 is 34.0 Å². The van der Waals surface area contributed by atoms with E-state index in [1.807, 2.05) is 6.92 Å². The third-order valence-electron chi connectivity index (χ3n) is 8.21. The Morgan fingerprint density at radius 2 is 1.72 bits per heavy atom. The lowest BCUT2D eigenvalue weighted by Gasteiger charge is -2.64. The van der Waals surface area contributed by atoms with E-state index < -0.39 is 11.4 Å². The molecule has 5 aliphatic carbocycles. The Morgan fingerprint density at radius 3 is 2.31 bits per heavy atom. The van der Waals surface area contributed by atoms with Gasteiger partial charge in [0.1, 0.15) is 11.9 Å². The number of nitrogens with one attached hydrogen (secondary N) is 1. The van der Waals surface area contributed by atoms with E-state index in [4.69, 9.17) is 14.4 Å². The van der Waals surface area contributed by atoms with Gasteiger partial charge in [-0.15, -0.1) is 0 Å². The van der Waals surface area contributed by atoms with Crippen LogP contribution in [-0.2, 0) is 28.7 Å². The zero-order valence-corrected chi connectivity index (χ0v) is 19.5. The second kappa shape index (κ2) is 8.69. The van der Waals surface area contributed by atoms with Crippen molar-refractivity contribution in [3.63, 3.8) is 0 Å². The van der Waals surface area contributed by atoms with Crippen LogP contribution in [0.25, 0.3) is 0 Å². The fourth-order valence-electron chi connectivity index (χ4n) is 7.26. The molecule has 0 aromatic carbocycles. The summed E-state index contributed by atoms with van der Waals surface area (Å²) in [5.41, 5.74) is -0.877.